The van der Waals surface area contributed by atoms with E-state index < -0.39 is 23.8 Å². The molecule has 0 fully saturated rings. The lowest BCUT2D eigenvalue weighted by Gasteiger charge is -2.07. The Hall–Kier alpha value is -6.62. The summed E-state index contributed by atoms with van der Waals surface area (Å²) in [6.07, 6.45) is 8.75. The number of hydrogen-bond acceptors (Lipinski definition) is 9. The van der Waals surface area contributed by atoms with Gasteiger partial charge in [-0.3, -0.25) is 14.4 Å². The predicted octanol–water partition coefficient (Wildman–Crippen LogP) is 5.84. The van der Waals surface area contributed by atoms with Crippen molar-refractivity contribution in [3.63, 3.8) is 0 Å². The molecule has 0 radical (unpaired) electrons. The first-order valence-electron chi connectivity index (χ1n) is 15.5. The Morgan fingerprint density at radius 1 is 0.510 bits per heavy atom. The lowest BCUT2D eigenvalue weighted by Crippen LogP contribution is -2.28. The molecule has 11 heteroatoms. The number of esters is 3. The highest BCUT2D eigenvalue weighted by Gasteiger charge is 2.16. The van der Waals surface area contributed by atoms with Crippen LogP contribution >= 0.6 is 0 Å². The topological polar surface area (TPSA) is 154 Å². The van der Waals surface area contributed by atoms with E-state index in [-0.39, 0.29) is 35.1 Å². The Balaban J connectivity index is 0.000000404. The lowest BCUT2D eigenvalue weighted by atomic mass is 10.0. The molecule has 0 unspecified atom stereocenters. The van der Waals surface area contributed by atoms with Crippen LogP contribution in [0.25, 0.3) is 0 Å². The van der Waals surface area contributed by atoms with Gasteiger partial charge in [-0.25, -0.2) is 14.4 Å². The molecule has 0 heterocycles. The van der Waals surface area contributed by atoms with Crippen LogP contribution in [0.2, 0.25) is 0 Å². The third kappa shape index (κ3) is 14.6. The first-order chi connectivity index (χ1) is 24.5. The fraction of sp³-hybridized carbons (Fsp3) is 0.150. The second-order valence-electron chi connectivity index (χ2n) is 10.6. The van der Waals surface area contributed by atoms with Gasteiger partial charge in [0, 0.05) is 28.7 Å². The van der Waals surface area contributed by atoms with Gasteiger partial charge in [0.05, 0.1) is 21.3 Å². The highest BCUT2D eigenvalue weighted by Crippen LogP contribution is 2.12. The molecule has 0 aliphatic carbocycles. The van der Waals surface area contributed by atoms with Crippen LogP contribution in [0.4, 0.5) is 0 Å². The molecule has 2 amide bonds. The number of carbonyl (C=O) groups is 6. The number of allylic oxidation sites excluding steroid dienone is 7. The van der Waals surface area contributed by atoms with E-state index in [1.54, 1.807) is 91.0 Å². The fourth-order valence-corrected chi connectivity index (χ4v) is 3.91. The number of nitrogens with one attached hydrogen (secondary N) is 2. The number of ether oxygens (including phenoxy) is 3. The number of amides is 2. The second kappa shape index (κ2) is 22.1. The van der Waals surface area contributed by atoms with Crippen molar-refractivity contribution < 1.29 is 43.0 Å². The molecule has 264 valence electrons. The first-order valence-corrected chi connectivity index (χ1v) is 15.5. The summed E-state index contributed by atoms with van der Waals surface area (Å²) in [6.45, 7) is 3.79. The average Bonchev–Trinajstić information content (AvgIpc) is 3.17. The van der Waals surface area contributed by atoms with Crippen molar-refractivity contribution in [2.75, 3.05) is 21.3 Å². The van der Waals surface area contributed by atoms with E-state index in [1.807, 2.05) is 19.9 Å². The third-order valence-corrected chi connectivity index (χ3v) is 6.53. The maximum absolute atomic E-state index is 12.4. The smallest absolute Gasteiger partial charge is 0.354 e. The molecule has 0 bridgehead atoms. The van der Waals surface area contributed by atoms with Gasteiger partial charge >= 0.3 is 17.9 Å². The van der Waals surface area contributed by atoms with E-state index in [9.17, 15) is 28.8 Å². The van der Waals surface area contributed by atoms with Crippen molar-refractivity contribution in [1.29, 1.82) is 0 Å². The van der Waals surface area contributed by atoms with Crippen LogP contribution in [0, 0.1) is 0 Å². The molecular weight excluding hydrogens is 652 g/mol. The predicted molar refractivity (Wildman–Crippen MR) is 192 cm³/mol. The number of ketones is 1. The molecule has 3 aromatic rings. The van der Waals surface area contributed by atoms with Gasteiger partial charge in [-0.2, -0.15) is 0 Å². The van der Waals surface area contributed by atoms with Crippen molar-refractivity contribution in [1.82, 2.24) is 10.6 Å². The summed E-state index contributed by atoms with van der Waals surface area (Å²) in [5, 5.41) is 5.03. The average molecular weight is 693 g/mol. The molecule has 0 aromatic heterocycles. The van der Waals surface area contributed by atoms with Gasteiger partial charge in [0.1, 0.15) is 11.4 Å². The number of benzene rings is 3. The maximum atomic E-state index is 12.4. The van der Waals surface area contributed by atoms with E-state index in [0.717, 1.165) is 5.57 Å². The molecule has 51 heavy (non-hydrogen) atoms. The molecule has 0 aliphatic rings. The Morgan fingerprint density at radius 3 is 1.31 bits per heavy atom. The normalized spacial score (nSPS) is 11.3. The Bertz CT molecular complexity index is 1730. The minimum Gasteiger partial charge on any atom is -0.466 e. The number of rotatable bonds is 13. The summed E-state index contributed by atoms with van der Waals surface area (Å²) in [5.74, 6) is -3.03. The van der Waals surface area contributed by atoms with Crippen molar-refractivity contribution in [2.45, 2.75) is 20.3 Å². The van der Waals surface area contributed by atoms with Gasteiger partial charge < -0.3 is 24.8 Å². The van der Waals surface area contributed by atoms with Gasteiger partial charge in [-0.05, 0) is 50.3 Å². The zero-order valence-corrected chi connectivity index (χ0v) is 29.0. The van der Waals surface area contributed by atoms with E-state index in [4.69, 9.17) is 9.47 Å². The zero-order valence-electron chi connectivity index (χ0n) is 29.0. The number of hydrogen-bond donors (Lipinski definition) is 2. The minimum absolute atomic E-state index is 0.0917. The van der Waals surface area contributed by atoms with Crippen LogP contribution in [0.1, 0.15) is 51.3 Å². The van der Waals surface area contributed by atoms with E-state index in [2.05, 4.69) is 15.4 Å². The van der Waals surface area contributed by atoms with Crippen LogP contribution in [0.3, 0.4) is 0 Å². The van der Waals surface area contributed by atoms with Crippen LogP contribution < -0.4 is 10.6 Å². The summed E-state index contributed by atoms with van der Waals surface area (Å²) < 4.78 is 14.1. The van der Waals surface area contributed by atoms with Gasteiger partial charge in [0.2, 0.25) is 0 Å². The van der Waals surface area contributed by atoms with Crippen LogP contribution in [0.5, 0.6) is 0 Å². The molecule has 0 saturated heterocycles. The highest BCUT2D eigenvalue weighted by atomic mass is 16.5. The van der Waals surface area contributed by atoms with Crippen LogP contribution in [-0.2, 0) is 28.6 Å². The monoisotopic (exact) mass is 692 g/mol. The highest BCUT2D eigenvalue weighted by molar-refractivity contribution is 6.04. The number of methoxy groups -OCH3 is 3. The van der Waals surface area contributed by atoms with Crippen LogP contribution in [0.15, 0.2) is 150 Å². The van der Waals surface area contributed by atoms with Gasteiger partial charge in [-0.1, -0.05) is 96.6 Å². The molecule has 3 rings (SSSR count). The molecule has 0 aliphatic heterocycles. The van der Waals surface area contributed by atoms with Crippen molar-refractivity contribution in [3.05, 3.63) is 167 Å². The minimum atomic E-state index is -0.740. The number of Topliss-reactive ketones (excluding diaryl/α,β-unsaturated/α-hetero) is 1. The van der Waals surface area contributed by atoms with Crippen molar-refractivity contribution in [2.24, 2.45) is 0 Å². The van der Waals surface area contributed by atoms with Crippen molar-refractivity contribution in [3.8, 4) is 0 Å². The maximum Gasteiger partial charge on any atom is 0.354 e. The largest absolute Gasteiger partial charge is 0.466 e. The first kappa shape index (κ1) is 40.6. The zero-order chi connectivity index (χ0) is 37.6. The van der Waals surface area contributed by atoms with E-state index in [0.29, 0.717) is 16.7 Å². The Labute approximate surface area is 297 Å². The SMILES string of the molecule is COC(=O)/C(=C/C=C(C)C)NC(=O)c1ccccc1.COC(=O)C(=CC=C/C=C(\NC(=O)c1ccccc1)C(=O)OC)CC(=O)c1ccccc1. The standard InChI is InChI=1S/C25H23NO6.C15H17NO3/c1-31-24(29)20(17-22(27)18-11-5-3-6-12-18)15-9-10-16-21(25(30)32-2)26-23(28)19-13-7-4-8-14-19;1-11(2)9-10-13(15(18)19-3)16-14(17)12-7-5-4-6-8-12/h3-16H,17H2,1-2H3,(H,26,28);4-10H,1-3H3,(H,16,17)/b10-9?,20-15?,21-16-;13-10-. The summed E-state index contributed by atoms with van der Waals surface area (Å²) in [6, 6.07) is 25.6. The van der Waals surface area contributed by atoms with E-state index in [1.165, 1.54) is 51.7 Å². The van der Waals surface area contributed by atoms with Gasteiger partial charge in [0.25, 0.3) is 11.8 Å². The quantitative estimate of drug-likeness (QED) is 0.0739. The third-order valence-electron chi connectivity index (χ3n) is 6.53. The molecular formula is C40H40N2O9. The Kier molecular flexibility index (Phi) is 17.6. The molecule has 11 nitrogen and oxygen atoms in total. The van der Waals surface area contributed by atoms with Gasteiger partial charge in [-0.15, -0.1) is 0 Å². The summed E-state index contributed by atoms with van der Waals surface area (Å²) in [4.78, 5) is 72.2. The summed E-state index contributed by atoms with van der Waals surface area (Å²) in [7, 11) is 3.69. The molecule has 0 spiro atoms. The molecule has 0 atom stereocenters. The Morgan fingerprint density at radius 2 is 0.902 bits per heavy atom. The summed E-state index contributed by atoms with van der Waals surface area (Å²) in [5.41, 5.74) is 2.49. The van der Waals surface area contributed by atoms with Crippen LogP contribution in [-0.4, -0.2) is 56.8 Å². The van der Waals surface area contributed by atoms with Gasteiger partial charge in [0.15, 0.2) is 5.78 Å². The number of carbonyl (C=O) groups excluding carboxylic acids is 6. The molecule has 3 aromatic carbocycles. The molecule has 2 N–H and O–H groups in total. The lowest BCUT2D eigenvalue weighted by molar-refractivity contribution is -0.137. The molecule has 0 saturated carbocycles. The second-order valence-corrected chi connectivity index (χ2v) is 10.6. The van der Waals surface area contributed by atoms with Crippen molar-refractivity contribution >= 4 is 35.5 Å². The summed E-state index contributed by atoms with van der Waals surface area (Å²) >= 11 is 0. The fourth-order valence-electron chi connectivity index (χ4n) is 3.91. The van der Waals surface area contributed by atoms with E-state index >= 15 is 0 Å².